The van der Waals surface area contributed by atoms with Crippen LogP contribution in [0.1, 0.15) is 89.8 Å². The zero-order valence-electron chi connectivity index (χ0n) is 24.7. The number of amides is 1. The molecule has 0 saturated heterocycles. The SMILES string of the molecule is CCCCC(CC(=O)Nc1cc(CC(=O)OC)ccc1C(C)(C)C)c1ccc(S(=O)(=O)CC(C)C)cc1OC. The summed E-state index contributed by atoms with van der Waals surface area (Å²) in [6.07, 6.45) is 2.96. The van der Waals surface area contributed by atoms with Gasteiger partial charge in [0.25, 0.3) is 0 Å². The van der Waals surface area contributed by atoms with E-state index in [2.05, 4.69) is 33.0 Å². The first kappa shape index (κ1) is 32.3. The van der Waals surface area contributed by atoms with E-state index in [9.17, 15) is 18.0 Å². The fourth-order valence-corrected chi connectivity index (χ4v) is 6.33. The third kappa shape index (κ3) is 9.38. The van der Waals surface area contributed by atoms with Gasteiger partial charge in [-0.25, -0.2) is 8.42 Å². The predicted molar refractivity (Wildman–Crippen MR) is 156 cm³/mol. The van der Waals surface area contributed by atoms with Crippen LogP contribution in [-0.4, -0.2) is 40.3 Å². The highest BCUT2D eigenvalue weighted by molar-refractivity contribution is 7.91. The molecule has 0 aliphatic rings. The number of hydrogen-bond acceptors (Lipinski definition) is 6. The molecule has 216 valence electrons. The standard InChI is InChI=1S/C31H45NO6S/c1-9-10-11-23(25-14-13-24(19-28(25)37-7)39(35,36)20-21(2)3)18-29(33)32-27-16-22(17-30(34)38-8)12-15-26(27)31(4,5)6/h12-16,19,21,23H,9-11,17-18,20H2,1-8H3,(H,32,33). The van der Waals surface area contributed by atoms with E-state index >= 15 is 0 Å². The molecule has 1 amide bonds. The number of esters is 1. The van der Waals surface area contributed by atoms with Gasteiger partial charge >= 0.3 is 5.97 Å². The van der Waals surface area contributed by atoms with E-state index in [1.54, 1.807) is 18.2 Å². The molecule has 1 N–H and O–H groups in total. The van der Waals surface area contributed by atoms with Crippen molar-refractivity contribution in [2.24, 2.45) is 5.92 Å². The number of ether oxygens (including phenoxy) is 2. The number of sulfone groups is 1. The summed E-state index contributed by atoms with van der Waals surface area (Å²) in [5.41, 5.74) is 2.99. The van der Waals surface area contributed by atoms with Crippen LogP contribution in [0.4, 0.5) is 5.69 Å². The normalized spacial score (nSPS) is 12.7. The van der Waals surface area contributed by atoms with Gasteiger partial charge in [0.1, 0.15) is 5.75 Å². The molecule has 2 aromatic rings. The first-order valence-electron chi connectivity index (χ1n) is 13.6. The van der Waals surface area contributed by atoms with E-state index in [1.165, 1.54) is 14.2 Å². The highest BCUT2D eigenvalue weighted by atomic mass is 32.2. The Morgan fingerprint density at radius 1 is 1.03 bits per heavy atom. The van der Waals surface area contributed by atoms with Crippen molar-refractivity contribution in [1.82, 2.24) is 0 Å². The maximum absolute atomic E-state index is 13.4. The molecule has 0 radical (unpaired) electrons. The van der Waals surface area contributed by atoms with Crippen LogP contribution in [0.2, 0.25) is 0 Å². The van der Waals surface area contributed by atoms with Gasteiger partial charge in [0.15, 0.2) is 9.84 Å². The fraction of sp³-hybridized carbons (Fsp3) is 0.548. The third-order valence-electron chi connectivity index (χ3n) is 6.64. The topological polar surface area (TPSA) is 98.8 Å². The van der Waals surface area contributed by atoms with Crippen LogP contribution < -0.4 is 10.1 Å². The molecule has 39 heavy (non-hydrogen) atoms. The second-order valence-corrected chi connectivity index (χ2v) is 13.6. The molecule has 0 aromatic heterocycles. The molecule has 1 unspecified atom stereocenters. The van der Waals surface area contributed by atoms with Gasteiger partial charge in [0, 0.05) is 12.1 Å². The third-order valence-corrected chi connectivity index (χ3v) is 8.71. The van der Waals surface area contributed by atoms with Crippen LogP contribution in [0.3, 0.4) is 0 Å². The molecule has 2 aromatic carbocycles. The van der Waals surface area contributed by atoms with Crippen LogP contribution in [0, 0.1) is 5.92 Å². The molecule has 0 saturated carbocycles. The van der Waals surface area contributed by atoms with Gasteiger partial charge in [-0.2, -0.15) is 0 Å². The summed E-state index contributed by atoms with van der Waals surface area (Å²) in [6, 6.07) is 10.7. The minimum absolute atomic E-state index is 0.00535. The quantitative estimate of drug-likeness (QED) is 0.284. The molecular weight excluding hydrogens is 514 g/mol. The minimum Gasteiger partial charge on any atom is -0.496 e. The number of nitrogens with one attached hydrogen (secondary N) is 1. The number of benzene rings is 2. The molecule has 7 nitrogen and oxygen atoms in total. The predicted octanol–water partition coefficient (Wildman–Crippen LogP) is 6.44. The van der Waals surface area contributed by atoms with Crippen LogP contribution >= 0.6 is 0 Å². The van der Waals surface area contributed by atoms with E-state index in [0.29, 0.717) is 11.4 Å². The fourth-order valence-electron chi connectivity index (χ4n) is 4.70. The van der Waals surface area contributed by atoms with E-state index in [0.717, 1.165) is 36.0 Å². The lowest BCUT2D eigenvalue weighted by Crippen LogP contribution is -2.21. The number of rotatable bonds is 13. The molecule has 0 aliphatic carbocycles. The Morgan fingerprint density at radius 2 is 1.72 bits per heavy atom. The smallest absolute Gasteiger partial charge is 0.309 e. The van der Waals surface area contributed by atoms with Gasteiger partial charge in [-0.3, -0.25) is 9.59 Å². The number of hydrogen-bond donors (Lipinski definition) is 1. The Kier molecular flexibility index (Phi) is 11.6. The van der Waals surface area contributed by atoms with Gasteiger partial charge in [0.05, 0.1) is 31.3 Å². The second-order valence-electron chi connectivity index (χ2n) is 11.6. The number of unbranched alkanes of at least 4 members (excludes halogenated alkanes) is 1. The Hall–Kier alpha value is -2.87. The number of anilines is 1. The van der Waals surface area contributed by atoms with E-state index in [1.807, 2.05) is 32.0 Å². The highest BCUT2D eigenvalue weighted by Gasteiger charge is 2.25. The molecule has 2 rings (SSSR count). The summed E-state index contributed by atoms with van der Waals surface area (Å²) >= 11 is 0. The van der Waals surface area contributed by atoms with Crippen molar-refractivity contribution in [2.45, 2.75) is 89.9 Å². The molecule has 8 heteroatoms. The first-order valence-corrected chi connectivity index (χ1v) is 15.3. The molecule has 1 atom stereocenters. The number of carbonyl (C=O) groups excluding carboxylic acids is 2. The highest BCUT2D eigenvalue weighted by Crippen LogP contribution is 2.36. The summed E-state index contributed by atoms with van der Waals surface area (Å²) in [5, 5.41) is 3.09. The van der Waals surface area contributed by atoms with E-state index in [-0.39, 0.29) is 52.6 Å². The van der Waals surface area contributed by atoms with Crippen molar-refractivity contribution in [3.63, 3.8) is 0 Å². The lowest BCUT2D eigenvalue weighted by atomic mass is 9.84. The summed E-state index contributed by atoms with van der Waals surface area (Å²) in [5.74, 6) is -0.118. The van der Waals surface area contributed by atoms with Crippen LogP contribution in [0.15, 0.2) is 41.3 Å². The molecule has 0 aliphatic heterocycles. The van der Waals surface area contributed by atoms with Crippen molar-refractivity contribution >= 4 is 27.4 Å². The Balaban J connectivity index is 2.40. The number of methoxy groups -OCH3 is 2. The van der Waals surface area contributed by atoms with Crippen LogP contribution in [-0.2, 0) is 36.0 Å². The Bertz CT molecular complexity index is 1240. The lowest BCUT2D eigenvalue weighted by Gasteiger charge is -2.25. The van der Waals surface area contributed by atoms with Gasteiger partial charge in [-0.05, 0) is 58.6 Å². The monoisotopic (exact) mass is 559 g/mol. The van der Waals surface area contributed by atoms with Crippen molar-refractivity contribution < 1.29 is 27.5 Å². The molecule has 0 fully saturated rings. The summed E-state index contributed by atoms with van der Waals surface area (Å²) < 4.78 is 36.1. The van der Waals surface area contributed by atoms with E-state index < -0.39 is 9.84 Å². The maximum Gasteiger partial charge on any atom is 0.309 e. The minimum atomic E-state index is -3.44. The van der Waals surface area contributed by atoms with Gasteiger partial charge in [-0.15, -0.1) is 0 Å². The zero-order chi connectivity index (χ0) is 29.4. The van der Waals surface area contributed by atoms with Crippen molar-refractivity contribution in [3.8, 4) is 5.75 Å². The zero-order valence-corrected chi connectivity index (χ0v) is 25.5. The van der Waals surface area contributed by atoms with Crippen LogP contribution in [0.5, 0.6) is 5.75 Å². The maximum atomic E-state index is 13.4. The van der Waals surface area contributed by atoms with Crippen molar-refractivity contribution in [3.05, 3.63) is 53.1 Å². The molecular formula is C31H45NO6S. The van der Waals surface area contributed by atoms with Gasteiger partial charge in [0.2, 0.25) is 5.91 Å². The summed E-state index contributed by atoms with van der Waals surface area (Å²) in [4.78, 5) is 25.5. The van der Waals surface area contributed by atoms with Crippen LogP contribution in [0.25, 0.3) is 0 Å². The van der Waals surface area contributed by atoms with Crippen molar-refractivity contribution in [2.75, 3.05) is 25.3 Å². The molecule has 0 spiro atoms. The first-order chi connectivity index (χ1) is 18.2. The molecule has 0 heterocycles. The average Bonchev–Trinajstić information content (AvgIpc) is 2.84. The Morgan fingerprint density at radius 3 is 2.28 bits per heavy atom. The number of carbonyl (C=O) groups is 2. The Labute approximate surface area is 234 Å². The summed E-state index contributed by atoms with van der Waals surface area (Å²) in [6.45, 7) is 12.1. The van der Waals surface area contributed by atoms with Crippen molar-refractivity contribution in [1.29, 1.82) is 0 Å². The molecule has 0 bridgehead atoms. The lowest BCUT2D eigenvalue weighted by molar-refractivity contribution is -0.139. The second kappa shape index (κ2) is 14.0. The largest absolute Gasteiger partial charge is 0.496 e. The summed E-state index contributed by atoms with van der Waals surface area (Å²) in [7, 11) is -0.564. The van der Waals surface area contributed by atoms with Gasteiger partial charge < -0.3 is 14.8 Å². The van der Waals surface area contributed by atoms with E-state index in [4.69, 9.17) is 9.47 Å². The average molecular weight is 560 g/mol. The van der Waals surface area contributed by atoms with Gasteiger partial charge in [-0.1, -0.05) is 72.6 Å².